The summed E-state index contributed by atoms with van der Waals surface area (Å²) in [6.45, 7) is 3.60. The topological polar surface area (TPSA) is 46.5 Å². The van der Waals surface area contributed by atoms with Crippen molar-refractivity contribution in [1.82, 2.24) is 0 Å². The first-order valence-electron chi connectivity index (χ1n) is 6.37. The molecule has 0 radical (unpaired) electrons. The molecule has 0 saturated heterocycles. The Bertz CT molecular complexity index is 590. The fourth-order valence-corrected chi connectivity index (χ4v) is 1.97. The van der Waals surface area contributed by atoms with Gasteiger partial charge in [0.05, 0.1) is 5.92 Å². The number of hydrogen-bond acceptors (Lipinski definition) is 2. The van der Waals surface area contributed by atoms with E-state index in [0.29, 0.717) is 17.7 Å². The zero-order valence-corrected chi connectivity index (χ0v) is 11.0. The van der Waals surface area contributed by atoms with E-state index in [4.69, 9.17) is 4.74 Å². The number of carbonyl (C=O) groups is 1. The molecule has 0 amide bonds. The fourth-order valence-electron chi connectivity index (χ4n) is 1.97. The van der Waals surface area contributed by atoms with E-state index < -0.39 is 11.9 Å². The predicted molar refractivity (Wildman–Crippen MR) is 78.1 cm³/mol. The molecule has 1 atom stereocenters. The molecule has 2 aromatic rings. The van der Waals surface area contributed by atoms with Gasteiger partial charge in [0, 0.05) is 0 Å². The lowest BCUT2D eigenvalue weighted by molar-refractivity contribution is -0.138. The number of hydrogen-bond donors (Lipinski definition) is 1. The minimum absolute atomic E-state index is 0.393. The van der Waals surface area contributed by atoms with E-state index in [1.54, 1.807) is 24.3 Å². The van der Waals surface area contributed by atoms with Crippen molar-refractivity contribution in [2.45, 2.75) is 12.3 Å². The van der Waals surface area contributed by atoms with Crippen LogP contribution in [0.15, 0.2) is 67.3 Å². The van der Waals surface area contributed by atoms with Crippen molar-refractivity contribution in [3.63, 3.8) is 0 Å². The molecule has 0 heterocycles. The molecule has 0 aliphatic heterocycles. The number of carboxylic acid groups (broad SMARTS) is 1. The van der Waals surface area contributed by atoms with Crippen LogP contribution in [0.2, 0.25) is 0 Å². The maximum Gasteiger partial charge on any atom is 0.311 e. The normalized spacial score (nSPS) is 11.6. The van der Waals surface area contributed by atoms with Crippen LogP contribution in [-0.2, 0) is 4.79 Å². The maximum absolute atomic E-state index is 11.3. The van der Waals surface area contributed by atoms with Gasteiger partial charge < -0.3 is 9.84 Å². The van der Waals surface area contributed by atoms with E-state index >= 15 is 0 Å². The second-order valence-electron chi connectivity index (χ2n) is 4.40. The monoisotopic (exact) mass is 268 g/mol. The number of aliphatic carboxylic acids is 1. The molecule has 1 unspecified atom stereocenters. The Balaban J connectivity index is 2.23. The Morgan fingerprint density at radius 3 is 2.50 bits per heavy atom. The average molecular weight is 268 g/mol. The molecule has 0 saturated carbocycles. The van der Waals surface area contributed by atoms with Crippen molar-refractivity contribution in [3.05, 3.63) is 72.8 Å². The van der Waals surface area contributed by atoms with Crippen LogP contribution in [0.1, 0.15) is 17.9 Å². The third-order valence-corrected chi connectivity index (χ3v) is 2.94. The zero-order valence-electron chi connectivity index (χ0n) is 11.0. The molecule has 2 aromatic carbocycles. The molecule has 1 N–H and O–H groups in total. The summed E-state index contributed by atoms with van der Waals surface area (Å²) < 4.78 is 5.71. The molecule has 3 nitrogen and oxygen atoms in total. The minimum atomic E-state index is -0.859. The van der Waals surface area contributed by atoms with Gasteiger partial charge in [0.15, 0.2) is 0 Å². The first kappa shape index (κ1) is 13.9. The molecule has 102 valence electrons. The summed E-state index contributed by atoms with van der Waals surface area (Å²) in [5, 5.41) is 9.25. The number of allylic oxidation sites excluding steroid dienone is 1. The smallest absolute Gasteiger partial charge is 0.311 e. The Morgan fingerprint density at radius 2 is 1.85 bits per heavy atom. The van der Waals surface area contributed by atoms with E-state index in [0.717, 1.165) is 5.75 Å². The Hall–Kier alpha value is -2.55. The molecule has 3 heteroatoms. The second kappa shape index (κ2) is 6.57. The van der Waals surface area contributed by atoms with E-state index in [9.17, 15) is 9.90 Å². The van der Waals surface area contributed by atoms with Crippen LogP contribution in [0, 0.1) is 0 Å². The van der Waals surface area contributed by atoms with Gasteiger partial charge in [-0.25, -0.2) is 0 Å². The van der Waals surface area contributed by atoms with Crippen LogP contribution in [0.5, 0.6) is 11.5 Å². The molecule has 0 spiro atoms. The molecular formula is C17H16O3. The minimum Gasteiger partial charge on any atom is -0.481 e. The first-order valence-corrected chi connectivity index (χ1v) is 6.37. The highest BCUT2D eigenvalue weighted by molar-refractivity contribution is 5.76. The molecule has 0 aliphatic carbocycles. The molecule has 0 fully saturated rings. The quantitative estimate of drug-likeness (QED) is 0.798. The maximum atomic E-state index is 11.3. The highest BCUT2D eigenvalue weighted by Gasteiger charge is 2.18. The highest BCUT2D eigenvalue weighted by Crippen LogP contribution is 2.27. The van der Waals surface area contributed by atoms with Crippen LogP contribution in [0.4, 0.5) is 0 Å². The van der Waals surface area contributed by atoms with Crippen LogP contribution in [-0.4, -0.2) is 11.1 Å². The number of para-hydroxylation sites is 1. The van der Waals surface area contributed by atoms with E-state index in [1.807, 2.05) is 36.4 Å². The van der Waals surface area contributed by atoms with Gasteiger partial charge in [0.25, 0.3) is 0 Å². The lowest BCUT2D eigenvalue weighted by Crippen LogP contribution is -2.10. The number of ether oxygens (including phenoxy) is 1. The molecular weight excluding hydrogens is 252 g/mol. The van der Waals surface area contributed by atoms with Crippen molar-refractivity contribution in [1.29, 1.82) is 0 Å². The Kier molecular flexibility index (Phi) is 4.56. The lowest BCUT2D eigenvalue weighted by atomic mass is 9.96. The van der Waals surface area contributed by atoms with Crippen LogP contribution in [0.25, 0.3) is 0 Å². The number of carboxylic acids is 1. The van der Waals surface area contributed by atoms with Crippen LogP contribution < -0.4 is 4.74 Å². The summed E-state index contributed by atoms with van der Waals surface area (Å²) in [6.07, 6.45) is 2.01. The summed E-state index contributed by atoms with van der Waals surface area (Å²) >= 11 is 0. The predicted octanol–water partition coefficient (Wildman–Crippen LogP) is 4.22. The molecule has 0 bridgehead atoms. The standard InChI is InChI=1S/C17H16O3/c1-2-7-16(17(18)19)13-8-6-11-15(12-13)20-14-9-4-3-5-10-14/h2-6,8-12,16H,1,7H2,(H,18,19). The summed E-state index contributed by atoms with van der Waals surface area (Å²) in [4.78, 5) is 11.3. The van der Waals surface area contributed by atoms with Crippen LogP contribution in [0.3, 0.4) is 0 Å². The van der Waals surface area contributed by atoms with Crippen molar-refractivity contribution in [3.8, 4) is 11.5 Å². The molecule has 20 heavy (non-hydrogen) atoms. The van der Waals surface area contributed by atoms with Crippen molar-refractivity contribution in [2.24, 2.45) is 0 Å². The van der Waals surface area contributed by atoms with Gasteiger partial charge in [-0.05, 0) is 36.2 Å². The van der Waals surface area contributed by atoms with Gasteiger partial charge in [-0.1, -0.05) is 36.4 Å². The Morgan fingerprint density at radius 1 is 1.15 bits per heavy atom. The second-order valence-corrected chi connectivity index (χ2v) is 4.40. The van der Waals surface area contributed by atoms with Crippen molar-refractivity contribution >= 4 is 5.97 Å². The third-order valence-electron chi connectivity index (χ3n) is 2.94. The van der Waals surface area contributed by atoms with Gasteiger partial charge >= 0.3 is 5.97 Å². The van der Waals surface area contributed by atoms with Crippen LogP contribution >= 0.6 is 0 Å². The van der Waals surface area contributed by atoms with E-state index in [-0.39, 0.29) is 0 Å². The summed E-state index contributed by atoms with van der Waals surface area (Å²) in [7, 11) is 0. The van der Waals surface area contributed by atoms with Crippen molar-refractivity contribution in [2.75, 3.05) is 0 Å². The Labute approximate surface area is 118 Å². The molecule has 2 rings (SSSR count). The molecule has 0 aromatic heterocycles. The van der Waals surface area contributed by atoms with Gasteiger partial charge in [-0.3, -0.25) is 4.79 Å². The fraction of sp³-hybridized carbons (Fsp3) is 0.118. The third kappa shape index (κ3) is 3.48. The largest absolute Gasteiger partial charge is 0.481 e. The zero-order chi connectivity index (χ0) is 14.4. The first-order chi connectivity index (χ1) is 9.70. The summed E-state index contributed by atoms with van der Waals surface area (Å²) in [5.74, 6) is -0.0992. The number of rotatable bonds is 6. The van der Waals surface area contributed by atoms with E-state index in [2.05, 4.69) is 6.58 Å². The van der Waals surface area contributed by atoms with Gasteiger partial charge in [-0.2, -0.15) is 0 Å². The highest BCUT2D eigenvalue weighted by atomic mass is 16.5. The van der Waals surface area contributed by atoms with Gasteiger partial charge in [0.1, 0.15) is 11.5 Å². The molecule has 0 aliphatic rings. The SMILES string of the molecule is C=CCC(C(=O)O)c1cccc(Oc2ccccc2)c1. The lowest BCUT2D eigenvalue weighted by Gasteiger charge is -2.12. The van der Waals surface area contributed by atoms with Crippen molar-refractivity contribution < 1.29 is 14.6 Å². The van der Waals surface area contributed by atoms with E-state index in [1.165, 1.54) is 0 Å². The average Bonchev–Trinajstić information content (AvgIpc) is 2.46. The van der Waals surface area contributed by atoms with Gasteiger partial charge in [-0.15, -0.1) is 6.58 Å². The summed E-state index contributed by atoms with van der Waals surface area (Å²) in [6, 6.07) is 16.5. The number of benzene rings is 2. The summed E-state index contributed by atoms with van der Waals surface area (Å²) in [5.41, 5.74) is 0.714. The van der Waals surface area contributed by atoms with Gasteiger partial charge in [0.2, 0.25) is 0 Å².